The maximum absolute atomic E-state index is 13.0. The number of benzene rings is 1. The van der Waals surface area contributed by atoms with Crippen molar-refractivity contribution in [3.05, 3.63) is 35.6 Å². The van der Waals surface area contributed by atoms with Crippen LogP contribution in [0.5, 0.6) is 0 Å². The van der Waals surface area contributed by atoms with Gasteiger partial charge in [-0.15, -0.1) is 0 Å². The second kappa shape index (κ2) is 4.40. The van der Waals surface area contributed by atoms with Gasteiger partial charge >= 0.3 is 5.97 Å². The summed E-state index contributed by atoms with van der Waals surface area (Å²) in [5.41, 5.74) is -1.15. The van der Waals surface area contributed by atoms with Crippen LogP contribution in [0, 0.1) is 11.7 Å². The molecule has 2 rings (SSSR count). The van der Waals surface area contributed by atoms with Gasteiger partial charge in [0.2, 0.25) is 0 Å². The summed E-state index contributed by atoms with van der Waals surface area (Å²) < 4.78 is 13.0. The molecule has 0 aromatic heterocycles. The molecule has 1 amide bonds. The third kappa shape index (κ3) is 2.34. The molecule has 0 spiro atoms. The van der Waals surface area contributed by atoms with E-state index in [2.05, 4.69) is 5.32 Å². The van der Waals surface area contributed by atoms with Crippen LogP contribution in [-0.2, 0) is 4.79 Å². The lowest BCUT2D eigenvalue weighted by Gasteiger charge is -2.26. The molecular weight excluding hydrogens is 237 g/mol. The van der Waals surface area contributed by atoms with Crippen molar-refractivity contribution in [2.45, 2.75) is 25.3 Å². The second-order valence-electron chi connectivity index (χ2n) is 4.75. The molecule has 1 aliphatic carbocycles. The standard InChI is InChI=1S/C13H14FNO3/c1-13(12(17)18,9-5-6-9)15-11(16)8-3-2-4-10(14)7-8/h2-4,7,9H,5-6H2,1H3,(H,15,16)(H,17,18). The van der Waals surface area contributed by atoms with Gasteiger partial charge in [-0.1, -0.05) is 6.07 Å². The smallest absolute Gasteiger partial charge is 0.329 e. The summed E-state index contributed by atoms with van der Waals surface area (Å²) >= 11 is 0. The maximum atomic E-state index is 13.0. The van der Waals surface area contributed by atoms with Crippen molar-refractivity contribution >= 4 is 11.9 Å². The van der Waals surface area contributed by atoms with Crippen LogP contribution >= 0.6 is 0 Å². The average Bonchev–Trinajstić information content (AvgIpc) is 3.12. The monoisotopic (exact) mass is 251 g/mol. The molecule has 1 aromatic carbocycles. The van der Waals surface area contributed by atoms with E-state index in [1.54, 1.807) is 0 Å². The zero-order valence-electron chi connectivity index (χ0n) is 9.94. The number of carboxylic acid groups (broad SMARTS) is 1. The highest BCUT2D eigenvalue weighted by Crippen LogP contribution is 2.39. The summed E-state index contributed by atoms with van der Waals surface area (Å²) in [6.07, 6.45) is 1.57. The number of carbonyl (C=O) groups is 2. The van der Waals surface area contributed by atoms with Gasteiger partial charge in [-0.25, -0.2) is 9.18 Å². The molecule has 2 N–H and O–H groups in total. The summed E-state index contributed by atoms with van der Waals surface area (Å²) in [4.78, 5) is 23.2. The summed E-state index contributed by atoms with van der Waals surface area (Å²) in [5, 5.41) is 11.7. The van der Waals surface area contributed by atoms with Crippen molar-refractivity contribution in [1.82, 2.24) is 5.32 Å². The molecule has 1 atom stereocenters. The van der Waals surface area contributed by atoms with Crippen molar-refractivity contribution < 1.29 is 19.1 Å². The highest BCUT2D eigenvalue weighted by Gasteiger charge is 2.48. The molecule has 1 aromatic rings. The SMILES string of the molecule is CC(NC(=O)c1cccc(F)c1)(C(=O)O)C1CC1. The minimum atomic E-state index is -1.27. The molecule has 4 nitrogen and oxygen atoms in total. The van der Waals surface area contributed by atoms with E-state index in [4.69, 9.17) is 0 Å². The zero-order valence-corrected chi connectivity index (χ0v) is 9.94. The van der Waals surface area contributed by atoms with Gasteiger partial charge < -0.3 is 10.4 Å². The molecular formula is C13H14FNO3. The van der Waals surface area contributed by atoms with Gasteiger partial charge in [0.05, 0.1) is 0 Å². The summed E-state index contributed by atoms with van der Waals surface area (Å²) in [6.45, 7) is 1.49. The Hall–Kier alpha value is -1.91. The normalized spacial score (nSPS) is 17.9. The number of carboxylic acids is 1. The van der Waals surface area contributed by atoms with Crippen molar-refractivity contribution in [3.8, 4) is 0 Å². The quantitative estimate of drug-likeness (QED) is 0.857. The fourth-order valence-electron chi connectivity index (χ4n) is 1.93. The number of aliphatic carboxylic acids is 1. The van der Waals surface area contributed by atoms with Crippen LogP contribution < -0.4 is 5.32 Å². The van der Waals surface area contributed by atoms with E-state index >= 15 is 0 Å². The lowest BCUT2D eigenvalue weighted by molar-refractivity contribution is -0.144. The third-order valence-corrected chi connectivity index (χ3v) is 3.30. The molecule has 0 heterocycles. The van der Waals surface area contributed by atoms with Crippen LogP contribution in [0.15, 0.2) is 24.3 Å². The number of carbonyl (C=O) groups excluding carboxylic acids is 1. The molecule has 5 heteroatoms. The predicted molar refractivity (Wildman–Crippen MR) is 62.6 cm³/mol. The fourth-order valence-corrected chi connectivity index (χ4v) is 1.93. The van der Waals surface area contributed by atoms with Crippen LogP contribution in [0.4, 0.5) is 4.39 Å². The first kappa shape index (κ1) is 12.5. The lowest BCUT2D eigenvalue weighted by atomic mass is 9.95. The summed E-state index contributed by atoms with van der Waals surface area (Å²) in [6, 6.07) is 5.19. The number of nitrogens with one attached hydrogen (secondary N) is 1. The molecule has 18 heavy (non-hydrogen) atoms. The lowest BCUT2D eigenvalue weighted by Crippen LogP contribution is -2.54. The Bertz CT molecular complexity index is 499. The molecule has 0 bridgehead atoms. The first-order valence-corrected chi connectivity index (χ1v) is 5.75. The molecule has 0 radical (unpaired) electrons. The Morgan fingerprint density at radius 2 is 2.11 bits per heavy atom. The highest BCUT2D eigenvalue weighted by atomic mass is 19.1. The second-order valence-corrected chi connectivity index (χ2v) is 4.75. The van der Waals surface area contributed by atoms with Gasteiger partial charge in [-0.2, -0.15) is 0 Å². The minimum Gasteiger partial charge on any atom is -0.480 e. The van der Waals surface area contributed by atoms with E-state index in [0.29, 0.717) is 0 Å². The van der Waals surface area contributed by atoms with Crippen molar-refractivity contribution in [3.63, 3.8) is 0 Å². The molecule has 1 fully saturated rings. The van der Waals surface area contributed by atoms with Gasteiger partial charge in [-0.05, 0) is 43.9 Å². The van der Waals surface area contributed by atoms with Crippen molar-refractivity contribution in [2.75, 3.05) is 0 Å². The van der Waals surface area contributed by atoms with Crippen LogP contribution in [0.25, 0.3) is 0 Å². The van der Waals surface area contributed by atoms with E-state index in [1.165, 1.54) is 25.1 Å². The fraction of sp³-hybridized carbons (Fsp3) is 0.385. The largest absolute Gasteiger partial charge is 0.480 e. The molecule has 96 valence electrons. The number of halogens is 1. The highest BCUT2D eigenvalue weighted by molar-refractivity contribution is 5.97. The summed E-state index contributed by atoms with van der Waals surface area (Å²) in [7, 11) is 0. The number of amides is 1. The van der Waals surface area contributed by atoms with Gasteiger partial charge in [-0.3, -0.25) is 4.79 Å². The number of hydrogen-bond donors (Lipinski definition) is 2. The molecule has 1 saturated carbocycles. The Kier molecular flexibility index (Phi) is 3.07. The Morgan fingerprint density at radius 1 is 1.44 bits per heavy atom. The van der Waals surface area contributed by atoms with Gasteiger partial charge in [0, 0.05) is 5.56 Å². The average molecular weight is 251 g/mol. The molecule has 0 saturated heterocycles. The van der Waals surface area contributed by atoms with Gasteiger partial charge in [0.1, 0.15) is 11.4 Å². The Balaban J connectivity index is 2.17. The molecule has 1 unspecified atom stereocenters. The first-order chi connectivity index (χ1) is 8.43. The summed E-state index contributed by atoms with van der Waals surface area (Å²) in [5.74, 6) is -2.19. The Labute approximate surface area is 104 Å². The first-order valence-electron chi connectivity index (χ1n) is 5.75. The van der Waals surface area contributed by atoms with Crippen LogP contribution in [0.3, 0.4) is 0 Å². The molecule has 1 aliphatic rings. The van der Waals surface area contributed by atoms with Crippen LogP contribution in [-0.4, -0.2) is 22.5 Å². The van der Waals surface area contributed by atoms with E-state index in [0.717, 1.165) is 18.9 Å². The molecule has 0 aliphatic heterocycles. The maximum Gasteiger partial charge on any atom is 0.329 e. The van der Waals surface area contributed by atoms with Crippen molar-refractivity contribution in [2.24, 2.45) is 5.92 Å². The zero-order chi connectivity index (χ0) is 13.3. The van der Waals surface area contributed by atoms with E-state index in [9.17, 15) is 19.1 Å². The van der Waals surface area contributed by atoms with E-state index in [1.807, 2.05) is 0 Å². The van der Waals surface area contributed by atoms with E-state index < -0.39 is 23.2 Å². The number of rotatable bonds is 4. The van der Waals surface area contributed by atoms with E-state index in [-0.39, 0.29) is 11.5 Å². The predicted octanol–water partition coefficient (Wildman–Crippen LogP) is 1.81. The Morgan fingerprint density at radius 3 is 2.61 bits per heavy atom. The van der Waals surface area contributed by atoms with Gasteiger partial charge in [0.15, 0.2) is 0 Å². The minimum absolute atomic E-state index is 0.0486. The number of hydrogen-bond acceptors (Lipinski definition) is 2. The third-order valence-electron chi connectivity index (χ3n) is 3.30. The van der Waals surface area contributed by atoms with Crippen LogP contribution in [0.2, 0.25) is 0 Å². The van der Waals surface area contributed by atoms with Crippen LogP contribution in [0.1, 0.15) is 30.1 Å². The van der Waals surface area contributed by atoms with Crippen molar-refractivity contribution in [1.29, 1.82) is 0 Å². The van der Waals surface area contributed by atoms with Gasteiger partial charge in [0.25, 0.3) is 5.91 Å². The topological polar surface area (TPSA) is 66.4 Å².